The molecule has 1 atom stereocenters. The van der Waals surface area contributed by atoms with E-state index in [4.69, 9.17) is 16.3 Å². The van der Waals surface area contributed by atoms with Gasteiger partial charge in [0.1, 0.15) is 11.0 Å². The lowest BCUT2D eigenvalue weighted by atomic mass is 10.2. The summed E-state index contributed by atoms with van der Waals surface area (Å²) in [4.78, 5) is 28.7. The van der Waals surface area contributed by atoms with E-state index in [1.54, 1.807) is 18.2 Å². The number of benzene rings is 2. The molecule has 2 aromatic rings. The van der Waals surface area contributed by atoms with Crippen molar-refractivity contribution in [3.05, 3.63) is 59.1 Å². The highest BCUT2D eigenvalue weighted by Crippen LogP contribution is 2.28. The van der Waals surface area contributed by atoms with Crippen LogP contribution in [0.1, 0.15) is 12.0 Å². The van der Waals surface area contributed by atoms with Crippen LogP contribution >= 0.6 is 23.4 Å². The zero-order chi connectivity index (χ0) is 19.2. The molecule has 6 nitrogen and oxygen atoms in total. The van der Waals surface area contributed by atoms with Gasteiger partial charge in [-0.05, 0) is 23.8 Å². The number of nitrogens with one attached hydrogen (secondary N) is 2. The first-order valence-corrected chi connectivity index (χ1v) is 9.50. The maximum atomic E-state index is 12.2. The predicted molar refractivity (Wildman–Crippen MR) is 108 cm³/mol. The second-order valence-corrected chi connectivity index (χ2v) is 7.40. The highest BCUT2D eigenvalue weighted by molar-refractivity contribution is 8.15. The Morgan fingerprint density at radius 2 is 2.07 bits per heavy atom. The zero-order valence-corrected chi connectivity index (χ0v) is 16.1. The number of ether oxygens (including phenoxy) is 1. The normalized spacial score (nSPS) is 17.6. The van der Waals surface area contributed by atoms with Crippen molar-refractivity contribution in [3.8, 4) is 5.75 Å². The van der Waals surface area contributed by atoms with E-state index < -0.39 is 5.25 Å². The summed E-state index contributed by atoms with van der Waals surface area (Å²) in [6, 6.07) is 14.7. The molecule has 1 fully saturated rings. The molecule has 1 saturated heterocycles. The van der Waals surface area contributed by atoms with Crippen molar-refractivity contribution >= 4 is 46.0 Å². The molecule has 1 heterocycles. The first-order valence-electron chi connectivity index (χ1n) is 8.24. The van der Waals surface area contributed by atoms with E-state index in [2.05, 4.69) is 15.6 Å². The lowest BCUT2D eigenvalue weighted by molar-refractivity contribution is -0.122. The third-order valence-corrected chi connectivity index (χ3v) is 5.25. The van der Waals surface area contributed by atoms with Gasteiger partial charge in [-0.2, -0.15) is 0 Å². The molecule has 3 rings (SSSR count). The fraction of sp³-hybridized carbons (Fsp3) is 0.211. The molecular weight excluding hydrogens is 386 g/mol. The van der Waals surface area contributed by atoms with Gasteiger partial charge >= 0.3 is 0 Å². The van der Waals surface area contributed by atoms with Gasteiger partial charge in [0, 0.05) is 12.1 Å². The Bertz CT molecular complexity index is 874. The van der Waals surface area contributed by atoms with E-state index in [1.807, 2.05) is 30.3 Å². The summed E-state index contributed by atoms with van der Waals surface area (Å²) in [6.45, 7) is 0.479. The molecule has 0 unspecified atom stereocenters. The van der Waals surface area contributed by atoms with Gasteiger partial charge in [-0.15, -0.1) is 0 Å². The summed E-state index contributed by atoms with van der Waals surface area (Å²) < 4.78 is 5.08. The Morgan fingerprint density at radius 1 is 1.30 bits per heavy atom. The van der Waals surface area contributed by atoms with Crippen molar-refractivity contribution in [2.24, 2.45) is 4.99 Å². The molecule has 0 aromatic heterocycles. The van der Waals surface area contributed by atoms with Crippen LogP contribution in [0.3, 0.4) is 0 Å². The van der Waals surface area contributed by atoms with Crippen molar-refractivity contribution in [2.75, 3.05) is 12.4 Å². The number of amidine groups is 1. The first kappa shape index (κ1) is 19.3. The lowest BCUT2D eigenvalue weighted by Crippen LogP contribution is -2.28. The number of amides is 2. The average Bonchev–Trinajstić information content (AvgIpc) is 3.00. The zero-order valence-electron chi connectivity index (χ0n) is 14.6. The summed E-state index contributed by atoms with van der Waals surface area (Å²) in [5, 5.41) is 5.90. The SMILES string of the molecule is COc1ccc(NC(=O)C[C@@H]2SC(=NCc3ccccc3)NC2=O)cc1Cl. The minimum atomic E-state index is -0.506. The monoisotopic (exact) mass is 403 g/mol. The molecule has 8 heteroatoms. The summed E-state index contributed by atoms with van der Waals surface area (Å²) in [5.41, 5.74) is 1.60. The highest BCUT2D eigenvalue weighted by Gasteiger charge is 2.32. The second-order valence-electron chi connectivity index (χ2n) is 5.80. The van der Waals surface area contributed by atoms with Gasteiger partial charge in [-0.3, -0.25) is 14.6 Å². The summed E-state index contributed by atoms with van der Waals surface area (Å²) >= 11 is 7.32. The van der Waals surface area contributed by atoms with E-state index in [0.29, 0.717) is 28.2 Å². The van der Waals surface area contributed by atoms with Gasteiger partial charge in [-0.1, -0.05) is 53.7 Å². The van der Waals surface area contributed by atoms with Crippen LogP contribution in [0.5, 0.6) is 5.75 Å². The summed E-state index contributed by atoms with van der Waals surface area (Å²) in [5.74, 6) is 0.0441. The fourth-order valence-electron chi connectivity index (χ4n) is 2.49. The minimum absolute atomic E-state index is 0.0461. The quantitative estimate of drug-likeness (QED) is 0.774. The maximum absolute atomic E-state index is 12.2. The number of rotatable bonds is 6. The molecule has 0 aliphatic carbocycles. The van der Waals surface area contributed by atoms with Crippen LogP contribution in [0.15, 0.2) is 53.5 Å². The van der Waals surface area contributed by atoms with E-state index in [1.165, 1.54) is 18.9 Å². The summed E-state index contributed by atoms with van der Waals surface area (Å²) in [6.07, 6.45) is 0.0461. The number of carbonyl (C=O) groups is 2. The van der Waals surface area contributed by atoms with Gasteiger partial charge in [0.2, 0.25) is 11.8 Å². The number of methoxy groups -OCH3 is 1. The molecule has 1 aliphatic rings. The Morgan fingerprint density at radius 3 is 2.78 bits per heavy atom. The molecule has 2 N–H and O–H groups in total. The second kappa shape index (κ2) is 8.92. The van der Waals surface area contributed by atoms with Gasteiger partial charge in [-0.25, -0.2) is 0 Å². The molecule has 2 aromatic carbocycles. The third kappa shape index (κ3) is 5.24. The molecule has 27 heavy (non-hydrogen) atoms. The van der Waals surface area contributed by atoms with Gasteiger partial charge in [0.05, 0.1) is 18.7 Å². The van der Waals surface area contributed by atoms with E-state index in [0.717, 1.165) is 5.56 Å². The summed E-state index contributed by atoms with van der Waals surface area (Å²) in [7, 11) is 1.52. The van der Waals surface area contributed by atoms with Crippen LogP contribution in [0.2, 0.25) is 5.02 Å². The van der Waals surface area contributed by atoms with E-state index >= 15 is 0 Å². The van der Waals surface area contributed by atoms with Crippen molar-refractivity contribution in [3.63, 3.8) is 0 Å². The van der Waals surface area contributed by atoms with Gasteiger partial charge in [0.15, 0.2) is 5.17 Å². The Kier molecular flexibility index (Phi) is 6.36. The molecule has 0 radical (unpaired) electrons. The molecular formula is C19H18ClN3O3S. The highest BCUT2D eigenvalue weighted by atomic mass is 35.5. The largest absolute Gasteiger partial charge is 0.495 e. The van der Waals surface area contributed by atoms with Crippen molar-refractivity contribution in [2.45, 2.75) is 18.2 Å². The van der Waals surface area contributed by atoms with Crippen molar-refractivity contribution in [1.29, 1.82) is 0 Å². The van der Waals surface area contributed by atoms with E-state index in [-0.39, 0.29) is 18.2 Å². The maximum Gasteiger partial charge on any atom is 0.240 e. The number of halogens is 1. The molecule has 2 amide bonds. The van der Waals surface area contributed by atoms with Crippen LogP contribution in [0, 0.1) is 0 Å². The Labute approximate surface area is 166 Å². The number of anilines is 1. The minimum Gasteiger partial charge on any atom is -0.495 e. The molecule has 0 spiro atoms. The van der Waals surface area contributed by atoms with E-state index in [9.17, 15) is 9.59 Å². The standard InChI is InChI=1S/C19H18ClN3O3S/c1-26-15-8-7-13(9-14(15)20)22-17(24)10-16-18(25)23-19(27-16)21-11-12-5-3-2-4-6-12/h2-9,16H,10-11H2,1H3,(H,22,24)(H,21,23,25)/t16-/m0/s1. The topological polar surface area (TPSA) is 79.8 Å². The van der Waals surface area contributed by atoms with Crippen molar-refractivity contribution < 1.29 is 14.3 Å². The molecule has 0 saturated carbocycles. The number of aliphatic imine (C=N–C) groups is 1. The van der Waals surface area contributed by atoms with Crippen molar-refractivity contribution in [1.82, 2.24) is 5.32 Å². The number of thioether (sulfide) groups is 1. The number of hydrogen-bond donors (Lipinski definition) is 2. The molecule has 140 valence electrons. The Hall–Kier alpha value is -2.51. The van der Waals surface area contributed by atoms with Crippen LogP contribution < -0.4 is 15.4 Å². The predicted octanol–water partition coefficient (Wildman–Crippen LogP) is 3.47. The fourth-order valence-corrected chi connectivity index (χ4v) is 3.71. The van der Waals surface area contributed by atoms with Crippen LogP contribution in [-0.4, -0.2) is 29.3 Å². The Balaban J connectivity index is 1.55. The van der Waals surface area contributed by atoms with Gasteiger partial charge in [0.25, 0.3) is 0 Å². The average molecular weight is 404 g/mol. The van der Waals surface area contributed by atoms with Gasteiger partial charge < -0.3 is 15.4 Å². The number of carbonyl (C=O) groups excluding carboxylic acids is 2. The molecule has 1 aliphatic heterocycles. The molecule has 0 bridgehead atoms. The first-order chi connectivity index (χ1) is 13.0. The smallest absolute Gasteiger partial charge is 0.240 e. The lowest BCUT2D eigenvalue weighted by Gasteiger charge is -2.09. The van der Waals surface area contributed by atoms with Crippen LogP contribution in [0.4, 0.5) is 5.69 Å². The van der Waals surface area contributed by atoms with Crippen LogP contribution in [0.25, 0.3) is 0 Å². The number of nitrogens with zero attached hydrogens (tertiary/aromatic N) is 1. The van der Waals surface area contributed by atoms with Crippen LogP contribution in [-0.2, 0) is 16.1 Å². The third-order valence-electron chi connectivity index (χ3n) is 3.83. The number of hydrogen-bond acceptors (Lipinski definition) is 5.